The topological polar surface area (TPSA) is 81.0 Å². The summed E-state index contributed by atoms with van der Waals surface area (Å²) >= 11 is 1.62. The van der Waals surface area contributed by atoms with Gasteiger partial charge in [-0.3, -0.25) is 0 Å². The summed E-state index contributed by atoms with van der Waals surface area (Å²) < 4.78 is 18.6. The molecule has 1 aromatic heterocycles. The van der Waals surface area contributed by atoms with Crippen molar-refractivity contribution in [1.82, 2.24) is 10.2 Å². The van der Waals surface area contributed by atoms with E-state index in [1.165, 1.54) is 83.5 Å². The Morgan fingerprint density at radius 1 is 0.925 bits per heavy atom. The van der Waals surface area contributed by atoms with E-state index in [4.69, 9.17) is 14.2 Å². The average Bonchev–Trinajstić information content (AvgIpc) is 3.65. The number of hydrogen-bond acceptors (Lipinski definition) is 6. The Hall–Kier alpha value is -1.87. The van der Waals surface area contributed by atoms with Crippen molar-refractivity contribution in [3.63, 3.8) is 0 Å². The number of amides is 2. The Morgan fingerprint density at radius 3 is 2.15 bits per heavy atom. The van der Waals surface area contributed by atoms with E-state index in [2.05, 4.69) is 12.2 Å². The van der Waals surface area contributed by atoms with Crippen molar-refractivity contribution >= 4 is 23.5 Å². The summed E-state index contributed by atoms with van der Waals surface area (Å²) in [4.78, 5) is 25.8. The van der Waals surface area contributed by atoms with E-state index in [1.54, 1.807) is 23.3 Å². The Kier molecular flexibility index (Phi) is 19.5. The summed E-state index contributed by atoms with van der Waals surface area (Å²) in [5, 5.41) is 4.86. The van der Waals surface area contributed by atoms with Gasteiger partial charge >= 0.3 is 12.2 Å². The van der Waals surface area contributed by atoms with Crippen LogP contribution in [0.3, 0.4) is 0 Å². The monoisotopic (exact) mass is 582 g/mol. The fourth-order valence-electron chi connectivity index (χ4n) is 4.96. The first-order chi connectivity index (χ1) is 19.6. The number of nitrogens with zero attached hydrogens (tertiary/aromatic N) is 2. The minimum atomic E-state index is -0.356. The Bertz CT molecular complexity index is 764. The highest BCUT2D eigenvalue weighted by molar-refractivity contribution is 7.07. The number of carbonyl (C=O) groups is 2. The van der Waals surface area contributed by atoms with E-state index < -0.39 is 0 Å². The van der Waals surface area contributed by atoms with Crippen LogP contribution >= 0.6 is 11.3 Å². The lowest BCUT2D eigenvalue weighted by Crippen LogP contribution is -2.40. The molecule has 2 heterocycles. The maximum Gasteiger partial charge on any atom is 0.409 e. The van der Waals surface area contributed by atoms with Crippen LogP contribution in [0, 0.1) is 5.92 Å². The van der Waals surface area contributed by atoms with E-state index in [-0.39, 0.29) is 30.8 Å². The molecule has 0 bridgehead atoms. The summed E-state index contributed by atoms with van der Waals surface area (Å²) in [7, 11) is 1.74. The standard InChI is InChI=1S/C31H55N3O5S/c1-3-4-5-6-7-8-9-10-11-12-13-14-15-16-17-18-32-30(35)38-25-28-23-29(37-24-28)26-39-31(36)33(2)19-20-34-21-22-40-27-34/h21-22,27-29H,3-20,23-26H2,1-2H3/p+1/t28-,29+/m1/s1. The molecular formula is C31H56N3O5S+. The molecular weight excluding hydrogens is 526 g/mol. The number of carbonyl (C=O) groups excluding carboxylic acids is 2. The fourth-order valence-corrected chi connectivity index (χ4v) is 5.59. The molecule has 8 nitrogen and oxygen atoms in total. The van der Waals surface area contributed by atoms with Gasteiger partial charge in [0.1, 0.15) is 6.61 Å². The molecule has 2 atom stereocenters. The molecule has 0 aliphatic carbocycles. The van der Waals surface area contributed by atoms with E-state index in [0.29, 0.717) is 32.7 Å². The van der Waals surface area contributed by atoms with Gasteiger partial charge in [0, 0.05) is 19.5 Å². The first-order valence-electron chi connectivity index (χ1n) is 15.9. The fraction of sp³-hybridized carbons (Fsp3) is 0.839. The predicted octanol–water partition coefficient (Wildman–Crippen LogP) is 7.11. The van der Waals surface area contributed by atoms with Crippen molar-refractivity contribution in [2.75, 3.05) is 40.0 Å². The first kappa shape index (κ1) is 34.3. The van der Waals surface area contributed by atoms with Crippen molar-refractivity contribution in [3.8, 4) is 0 Å². The van der Waals surface area contributed by atoms with Crippen molar-refractivity contribution in [2.45, 2.75) is 122 Å². The van der Waals surface area contributed by atoms with Gasteiger partial charge in [-0.15, -0.1) is 0 Å². The zero-order valence-electron chi connectivity index (χ0n) is 25.3. The number of aromatic nitrogens is 1. The molecule has 1 N–H and O–H groups in total. The van der Waals surface area contributed by atoms with Gasteiger partial charge in [-0.05, 0) is 12.8 Å². The molecule has 0 saturated carbocycles. The Morgan fingerprint density at radius 2 is 1.55 bits per heavy atom. The number of rotatable bonds is 23. The van der Waals surface area contributed by atoms with Crippen LogP contribution in [0.2, 0.25) is 0 Å². The van der Waals surface area contributed by atoms with Crippen molar-refractivity contribution in [2.24, 2.45) is 5.92 Å². The number of hydrogen-bond donors (Lipinski definition) is 1. The first-order valence-corrected chi connectivity index (χ1v) is 16.8. The van der Waals surface area contributed by atoms with E-state index >= 15 is 0 Å². The van der Waals surface area contributed by atoms with E-state index in [0.717, 1.165) is 19.4 Å². The van der Waals surface area contributed by atoms with Crippen LogP contribution in [0.5, 0.6) is 0 Å². The van der Waals surface area contributed by atoms with Crippen LogP contribution in [0.25, 0.3) is 0 Å². The molecule has 1 aromatic rings. The van der Waals surface area contributed by atoms with Gasteiger partial charge < -0.3 is 24.4 Å². The zero-order chi connectivity index (χ0) is 28.7. The molecule has 0 spiro atoms. The van der Waals surface area contributed by atoms with Gasteiger partial charge in [-0.2, -0.15) is 4.57 Å². The third kappa shape index (κ3) is 17.1. The maximum absolute atomic E-state index is 12.2. The number of thiazole rings is 1. The number of alkyl carbamates (subject to hydrolysis) is 1. The van der Waals surface area contributed by atoms with Gasteiger partial charge in [0.05, 0.1) is 31.2 Å². The van der Waals surface area contributed by atoms with Crippen LogP contribution in [0.4, 0.5) is 9.59 Å². The summed E-state index contributed by atoms with van der Waals surface area (Å²) in [6.07, 6.45) is 21.8. The SMILES string of the molecule is CCCCCCCCCCCCCCCCCNC(=O)OC[C@H]1CO[C@H](COC(=O)N(C)CC[n+]2ccsc2)C1. The molecule has 230 valence electrons. The second kappa shape index (κ2) is 22.8. The molecule has 1 aliphatic heterocycles. The quantitative estimate of drug-likeness (QED) is 0.110. The highest BCUT2D eigenvalue weighted by Gasteiger charge is 2.28. The molecule has 0 unspecified atom stereocenters. The minimum Gasteiger partial charge on any atom is -0.449 e. The minimum absolute atomic E-state index is 0.132. The largest absolute Gasteiger partial charge is 0.449 e. The van der Waals surface area contributed by atoms with Crippen molar-refractivity contribution < 1.29 is 28.4 Å². The van der Waals surface area contributed by atoms with Crippen LogP contribution in [-0.4, -0.2) is 63.1 Å². The van der Waals surface area contributed by atoms with Gasteiger partial charge in [-0.25, -0.2) is 9.59 Å². The molecule has 1 aliphatic rings. The lowest BCUT2D eigenvalue weighted by molar-refractivity contribution is -0.691. The van der Waals surface area contributed by atoms with Gasteiger partial charge in [0.15, 0.2) is 12.7 Å². The van der Waals surface area contributed by atoms with Crippen LogP contribution < -0.4 is 9.88 Å². The summed E-state index contributed by atoms with van der Waals surface area (Å²) in [6.45, 7) is 5.31. The lowest BCUT2D eigenvalue weighted by Gasteiger charge is -2.17. The lowest BCUT2D eigenvalue weighted by atomic mass is 10.0. The normalized spacial score (nSPS) is 16.6. The van der Waals surface area contributed by atoms with Crippen LogP contribution in [0.15, 0.2) is 17.1 Å². The van der Waals surface area contributed by atoms with E-state index in [9.17, 15) is 9.59 Å². The highest BCUT2D eigenvalue weighted by Crippen LogP contribution is 2.20. The Balaban J connectivity index is 1.34. The summed E-state index contributed by atoms with van der Waals surface area (Å²) in [5.74, 6) is 0.132. The van der Waals surface area contributed by atoms with Crippen molar-refractivity contribution in [3.05, 3.63) is 17.1 Å². The summed E-state index contributed by atoms with van der Waals surface area (Å²) in [6, 6.07) is 0. The smallest absolute Gasteiger partial charge is 0.409 e. The average molecular weight is 583 g/mol. The van der Waals surface area contributed by atoms with Gasteiger partial charge in [0.2, 0.25) is 5.51 Å². The molecule has 40 heavy (non-hydrogen) atoms. The second-order valence-electron chi connectivity index (χ2n) is 11.3. The third-order valence-corrected chi connectivity index (χ3v) is 8.26. The Labute approximate surface area is 247 Å². The molecule has 0 aromatic carbocycles. The number of ether oxygens (including phenoxy) is 3. The predicted molar refractivity (Wildman–Crippen MR) is 161 cm³/mol. The van der Waals surface area contributed by atoms with Crippen molar-refractivity contribution in [1.29, 1.82) is 0 Å². The molecule has 1 saturated heterocycles. The highest BCUT2D eigenvalue weighted by atomic mass is 32.1. The molecule has 9 heteroatoms. The second-order valence-corrected chi connectivity index (χ2v) is 12.1. The summed E-state index contributed by atoms with van der Waals surface area (Å²) in [5.41, 5.74) is 2.01. The molecule has 1 fully saturated rings. The van der Waals surface area contributed by atoms with Gasteiger partial charge in [-0.1, -0.05) is 108 Å². The van der Waals surface area contributed by atoms with Crippen LogP contribution in [0.1, 0.15) is 110 Å². The van der Waals surface area contributed by atoms with Crippen LogP contribution in [-0.2, 0) is 20.8 Å². The third-order valence-electron chi connectivity index (χ3n) is 7.59. The number of nitrogens with one attached hydrogen (secondary N) is 1. The number of unbranched alkanes of at least 4 members (excludes halogenated alkanes) is 14. The molecule has 0 radical (unpaired) electrons. The molecule has 2 rings (SSSR count). The van der Waals surface area contributed by atoms with E-state index in [1.807, 2.05) is 21.7 Å². The number of likely N-dealkylation sites (N-methyl/N-ethyl adjacent to an activating group) is 1. The zero-order valence-corrected chi connectivity index (χ0v) is 26.1. The van der Waals surface area contributed by atoms with Gasteiger partial charge in [0.25, 0.3) is 0 Å². The molecule has 2 amide bonds. The maximum atomic E-state index is 12.2.